The standard InChI is InChI=1S/C45H31N3/c46-44(42(31-17-5-1-6-18-31)47-34-23-11-4-12-24-34)48-40-28-16-14-26-36(40)38-30-29-37-35-25-13-15-27-39(35)45(41(37)43(38)48,32-19-7-2-8-20-32)33-21-9-3-10-22-33/h1-30,46H. The first-order chi connectivity index (χ1) is 23.8. The third-order valence-corrected chi connectivity index (χ3v) is 9.74. The van der Waals surface area contributed by atoms with Crippen molar-refractivity contribution in [3.05, 3.63) is 210 Å². The van der Waals surface area contributed by atoms with E-state index < -0.39 is 5.41 Å². The van der Waals surface area contributed by atoms with Crippen molar-refractivity contribution >= 4 is 39.0 Å². The highest BCUT2D eigenvalue weighted by molar-refractivity contribution is 6.49. The highest BCUT2D eigenvalue weighted by Gasteiger charge is 2.48. The largest absolute Gasteiger partial charge is 0.292 e. The molecule has 1 heterocycles. The Morgan fingerprint density at radius 1 is 0.500 bits per heavy atom. The molecule has 9 rings (SSSR count). The molecule has 7 aromatic carbocycles. The van der Waals surface area contributed by atoms with Gasteiger partial charge in [0.15, 0.2) is 5.84 Å². The molecule has 1 N–H and O–H groups in total. The lowest BCUT2D eigenvalue weighted by molar-refractivity contribution is 0.772. The zero-order valence-corrected chi connectivity index (χ0v) is 26.2. The van der Waals surface area contributed by atoms with E-state index in [1.54, 1.807) is 0 Å². The second-order valence-corrected chi connectivity index (χ2v) is 12.3. The van der Waals surface area contributed by atoms with Crippen LogP contribution in [-0.4, -0.2) is 16.1 Å². The van der Waals surface area contributed by atoms with Crippen molar-refractivity contribution < 1.29 is 0 Å². The van der Waals surface area contributed by atoms with Crippen LogP contribution in [0.3, 0.4) is 0 Å². The lowest BCUT2D eigenvalue weighted by atomic mass is 9.67. The first kappa shape index (κ1) is 27.9. The van der Waals surface area contributed by atoms with Crippen LogP contribution in [0.15, 0.2) is 187 Å². The Balaban J connectivity index is 1.46. The molecule has 0 saturated carbocycles. The fourth-order valence-electron chi connectivity index (χ4n) is 7.80. The van der Waals surface area contributed by atoms with E-state index in [0.717, 1.165) is 33.1 Å². The molecular weight excluding hydrogens is 583 g/mol. The molecule has 1 aromatic heterocycles. The van der Waals surface area contributed by atoms with Crippen LogP contribution in [0.5, 0.6) is 0 Å². The molecule has 3 heteroatoms. The van der Waals surface area contributed by atoms with Crippen molar-refractivity contribution in [3.63, 3.8) is 0 Å². The predicted octanol–water partition coefficient (Wildman–Crippen LogP) is 10.8. The van der Waals surface area contributed by atoms with Crippen molar-refractivity contribution in [2.24, 2.45) is 4.99 Å². The van der Waals surface area contributed by atoms with Crippen molar-refractivity contribution in [3.8, 4) is 11.1 Å². The van der Waals surface area contributed by atoms with Gasteiger partial charge in [-0.15, -0.1) is 0 Å². The number of benzene rings is 7. The zero-order chi connectivity index (χ0) is 32.1. The van der Waals surface area contributed by atoms with E-state index in [1.165, 1.54) is 33.4 Å². The SMILES string of the molecule is N=C(C(=Nc1ccccc1)c1ccccc1)n1c2ccccc2c2ccc3c(c21)C(c1ccccc1)(c1ccccc1)c1ccccc1-3. The molecule has 0 bridgehead atoms. The van der Waals surface area contributed by atoms with Gasteiger partial charge in [0, 0.05) is 21.9 Å². The maximum Gasteiger partial charge on any atom is 0.156 e. The minimum absolute atomic E-state index is 0.329. The van der Waals surface area contributed by atoms with Crippen LogP contribution >= 0.6 is 0 Å². The summed E-state index contributed by atoms with van der Waals surface area (Å²) in [7, 11) is 0. The number of aliphatic imine (C=N–C) groups is 1. The van der Waals surface area contributed by atoms with E-state index in [2.05, 4.69) is 126 Å². The van der Waals surface area contributed by atoms with Gasteiger partial charge in [-0.1, -0.05) is 164 Å². The summed E-state index contributed by atoms with van der Waals surface area (Å²) >= 11 is 0. The fourth-order valence-corrected chi connectivity index (χ4v) is 7.80. The van der Waals surface area contributed by atoms with Gasteiger partial charge in [-0.05, 0) is 46.0 Å². The molecule has 3 nitrogen and oxygen atoms in total. The van der Waals surface area contributed by atoms with Crippen LogP contribution < -0.4 is 0 Å². The number of hydrogen-bond donors (Lipinski definition) is 1. The Labute approximate surface area is 279 Å². The highest BCUT2D eigenvalue weighted by Crippen LogP contribution is 2.58. The first-order valence-corrected chi connectivity index (χ1v) is 16.3. The maximum atomic E-state index is 10.1. The number of fused-ring (bicyclic) bond motifs is 7. The Morgan fingerprint density at radius 2 is 1.06 bits per heavy atom. The third-order valence-electron chi connectivity index (χ3n) is 9.74. The third kappa shape index (κ3) is 4.08. The first-order valence-electron chi connectivity index (χ1n) is 16.3. The van der Waals surface area contributed by atoms with Crippen LogP contribution in [0.4, 0.5) is 5.69 Å². The number of nitrogens with zero attached hydrogens (tertiary/aromatic N) is 2. The smallest absolute Gasteiger partial charge is 0.156 e. The van der Waals surface area contributed by atoms with E-state index in [4.69, 9.17) is 4.99 Å². The lowest BCUT2D eigenvalue weighted by Crippen LogP contribution is -2.30. The summed E-state index contributed by atoms with van der Waals surface area (Å²) in [4.78, 5) is 5.16. The summed E-state index contributed by atoms with van der Waals surface area (Å²) < 4.78 is 2.16. The van der Waals surface area contributed by atoms with E-state index in [1.807, 2.05) is 60.7 Å². The summed E-state index contributed by atoms with van der Waals surface area (Å²) in [5.74, 6) is 0.329. The van der Waals surface area contributed by atoms with E-state index in [0.29, 0.717) is 11.5 Å². The summed E-state index contributed by atoms with van der Waals surface area (Å²) in [5, 5.41) is 12.4. The summed E-state index contributed by atoms with van der Waals surface area (Å²) in [6.07, 6.45) is 0. The molecule has 0 amide bonds. The van der Waals surface area contributed by atoms with Gasteiger partial charge in [-0.25, -0.2) is 4.99 Å². The van der Waals surface area contributed by atoms with Gasteiger partial charge in [0.2, 0.25) is 0 Å². The van der Waals surface area contributed by atoms with Gasteiger partial charge >= 0.3 is 0 Å². The van der Waals surface area contributed by atoms with Gasteiger partial charge in [0.05, 0.1) is 22.1 Å². The monoisotopic (exact) mass is 613 g/mol. The van der Waals surface area contributed by atoms with Crippen molar-refractivity contribution in [2.45, 2.75) is 5.41 Å². The summed E-state index contributed by atoms with van der Waals surface area (Å²) in [6, 6.07) is 63.6. The molecule has 0 fully saturated rings. The fraction of sp³-hybridized carbons (Fsp3) is 0.0222. The number of para-hydroxylation sites is 2. The van der Waals surface area contributed by atoms with E-state index in [-0.39, 0.29) is 0 Å². The Kier molecular flexibility index (Phi) is 6.51. The normalized spacial score (nSPS) is 13.4. The molecule has 0 spiro atoms. The van der Waals surface area contributed by atoms with Crippen LogP contribution in [0.2, 0.25) is 0 Å². The van der Waals surface area contributed by atoms with Crippen molar-refractivity contribution in [1.29, 1.82) is 5.41 Å². The van der Waals surface area contributed by atoms with Gasteiger partial charge in [-0.3, -0.25) is 9.98 Å². The van der Waals surface area contributed by atoms with Crippen LogP contribution in [0.25, 0.3) is 32.9 Å². The highest BCUT2D eigenvalue weighted by atomic mass is 15.1. The number of rotatable bonds is 5. The second-order valence-electron chi connectivity index (χ2n) is 12.3. The van der Waals surface area contributed by atoms with Crippen LogP contribution in [0.1, 0.15) is 27.8 Å². The molecule has 0 saturated heterocycles. The van der Waals surface area contributed by atoms with Crippen molar-refractivity contribution in [1.82, 2.24) is 4.57 Å². The average Bonchev–Trinajstić information content (AvgIpc) is 3.66. The van der Waals surface area contributed by atoms with Gasteiger partial charge in [-0.2, -0.15) is 0 Å². The van der Waals surface area contributed by atoms with Gasteiger partial charge in [0.1, 0.15) is 5.71 Å². The molecule has 1 aliphatic carbocycles. The molecule has 0 unspecified atom stereocenters. The number of hydrogen-bond acceptors (Lipinski definition) is 2. The van der Waals surface area contributed by atoms with E-state index in [9.17, 15) is 5.41 Å². The Hall–Kier alpha value is -6.32. The Morgan fingerprint density at radius 3 is 1.75 bits per heavy atom. The predicted molar refractivity (Wildman–Crippen MR) is 199 cm³/mol. The second kappa shape index (κ2) is 11.2. The molecule has 1 aliphatic rings. The molecule has 0 aliphatic heterocycles. The average molecular weight is 614 g/mol. The maximum absolute atomic E-state index is 10.1. The number of aromatic nitrogens is 1. The molecular formula is C45H31N3. The number of nitrogens with one attached hydrogen (secondary N) is 1. The minimum atomic E-state index is -0.621. The van der Waals surface area contributed by atoms with Gasteiger partial charge in [0.25, 0.3) is 0 Å². The quantitative estimate of drug-likeness (QED) is 0.148. The Bertz CT molecular complexity index is 2450. The molecule has 48 heavy (non-hydrogen) atoms. The van der Waals surface area contributed by atoms with Crippen LogP contribution in [0, 0.1) is 5.41 Å². The zero-order valence-electron chi connectivity index (χ0n) is 26.2. The van der Waals surface area contributed by atoms with E-state index >= 15 is 0 Å². The topological polar surface area (TPSA) is 41.1 Å². The summed E-state index contributed by atoms with van der Waals surface area (Å²) in [6.45, 7) is 0. The van der Waals surface area contributed by atoms with Crippen molar-refractivity contribution in [2.75, 3.05) is 0 Å². The lowest BCUT2D eigenvalue weighted by Gasteiger charge is -2.34. The minimum Gasteiger partial charge on any atom is -0.292 e. The summed E-state index contributed by atoms with van der Waals surface area (Å²) in [5.41, 5.74) is 10.9. The van der Waals surface area contributed by atoms with Crippen LogP contribution in [-0.2, 0) is 5.41 Å². The molecule has 8 aromatic rings. The molecule has 0 atom stereocenters. The molecule has 0 radical (unpaired) electrons. The van der Waals surface area contributed by atoms with Gasteiger partial charge < -0.3 is 0 Å². The molecule has 226 valence electrons.